The van der Waals surface area contributed by atoms with Gasteiger partial charge in [-0.3, -0.25) is 4.79 Å². The summed E-state index contributed by atoms with van der Waals surface area (Å²) in [6.45, 7) is 0.272. The van der Waals surface area contributed by atoms with Crippen LogP contribution in [-0.4, -0.2) is 38.8 Å². The molecule has 1 unspecified atom stereocenters. The summed E-state index contributed by atoms with van der Waals surface area (Å²) in [7, 11) is 2.37. The molecule has 0 fully saturated rings. The zero-order valence-electron chi connectivity index (χ0n) is 16.6. The van der Waals surface area contributed by atoms with Crippen molar-refractivity contribution in [1.82, 2.24) is 0 Å². The van der Waals surface area contributed by atoms with Crippen molar-refractivity contribution in [2.24, 2.45) is 0 Å². The third-order valence-electron chi connectivity index (χ3n) is 3.94. The number of anilines is 1. The van der Waals surface area contributed by atoms with Crippen LogP contribution in [0.5, 0.6) is 17.2 Å². The van der Waals surface area contributed by atoms with Crippen molar-refractivity contribution >= 4 is 33.5 Å². The van der Waals surface area contributed by atoms with Gasteiger partial charge in [-0.25, -0.2) is 4.79 Å². The highest BCUT2D eigenvalue weighted by Crippen LogP contribution is 2.35. The van der Waals surface area contributed by atoms with Gasteiger partial charge in [0.1, 0.15) is 5.75 Å². The van der Waals surface area contributed by atoms with E-state index in [1.54, 1.807) is 6.07 Å². The van der Waals surface area contributed by atoms with Gasteiger partial charge in [-0.2, -0.15) is 8.78 Å². The fourth-order valence-corrected chi connectivity index (χ4v) is 3.06. The molecule has 2 rings (SSSR count). The van der Waals surface area contributed by atoms with E-state index >= 15 is 0 Å². The van der Waals surface area contributed by atoms with E-state index in [0.29, 0.717) is 10.2 Å². The number of hydrogen-bond donors (Lipinski definition) is 1. The molecule has 1 amide bonds. The molecule has 0 saturated heterocycles. The van der Waals surface area contributed by atoms with E-state index in [2.05, 4.69) is 30.7 Å². The molecule has 0 aliphatic rings. The largest absolute Gasteiger partial charge is 0.493 e. The minimum Gasteiger partial charge on any atom is -0.493 e. The van der Waals surface area contributed by atoms with Gasteiger partial charge in [0.15, 0.2) is 17.6 Å². The maximum atomic E-state index is 12.7. The van der Waals surface area contributed by atoms with Crippen molar-refractivity contribution in [2.45, 2.75) is 26.6 Å². The van der Waals surface area contributed by atoms with E-state index in [1.807, 2.05) is 19.1 Å². The predicted molar refractivity (Wildman–Crippen MR) is 109 cm³/mol. The lowest BCUT2D eigenvalue weighted by atomic mass is 10.1. The highest BCUT2D eigenvalue weighted by Gasteiger charge is 2.23. The molecular weight excluding hydrogens is 468 g/mol. The fraction of sp³-hybridized carbons (Fsp3) is 0.300. The average Bonchev–Trinajstić information content (AvgIpc) is 2.69. The Labute approximate surface area is 180 Å². The molecule has 0 saturated carbocycles. The van der Waals surface area contributed by atoms with E-state index < -0.39 is 24.6 Å². The first-order chi connectivity index (χ1) is 14.2. The van der Waals surface area contributed by atoms with Gasteiger partial charge in [-0.05, 0) is 47.5 Å². The normalized spacial score (nSPS) is 11.6. The Bertz CT molecular complexity index is 938. The Hall–Kier alpha value is -2.88. The van der Waals surface area contributed by atoms with E-state index in [-0.39, 0.29) is 22.7 Å². The minimum atomic E-state index is -3.13. The van der Waals surface area contributed by atoms with Gasteiger partial charge in [0.2, 0.25) is 0 Å². The van der Waals surface area contributed by atoms with E-state index in [9.17, 15) is 18.4 Å². The van der Waals surface area contributed by atoms with E-state index in [4.69, 9.17) is 9.47 Å². The molecule has 7 nitrogen and oxygen atoms in total. The number of hydrogen-bond acceptors (Lipinski definition) is 6. The quantitative estimate of drug-likeness (QED) is 0.549. The Morgan fingerprint density at radius 1 is 1.03 bits per heavy atom. The topological polar surface area (TPSA) is 83.1 Å². The highest BCUT2D eigenvalue weighted by atomic mass is 79.9. The van der Waals surface area contributed by atoms with Crippen molar-refractivity contribution in [3.05, 3.63) is 45.9 Å². The summed E-state index contributed by atoms with van der Waals surface area (Å²) in [5.41, 5.74) is 0.800. The van der Waals surface area contributed by atoms with Crippen molar-refractivity contribution < 1.29 is 37.3 Å². The number of methoxy groups -OCH3 is 2. The van der Waals surface area contributed by atoms with Crippen LogP contribution < -0.4 is 19.5 Å². The molecule has 10 heteroatoms. The predicted octanol–water partition coefficient (Wildman–Crippen LogP) is 4.56. The molecule has 0 aromatic heterocycles. The fourth-order valence-electron chi connectivity index (χ4n) is 2.47. The second-order valence-corrected chi connectivity index (χ2v) is 6.96. The van der Waals surface area contributed by atoms with Gasteiger partial charge in [0, 0.05) is 12.1 Å². The molecule has 1 atom stereocenters. The van der Waals surface area contributed by atoms with Crippen LogP contribution in [0.3, 0.4) is 0 Å². The standard InChI is InChI=1S/C20H20BrF2NO6/c1-10-5-6-15(13(21)7-10)29-11(2)18(25)24-14-9-17(30-20(22)23)16(27-3)8-12(14)19(26)28-4/h5-9,11,20H,1-4H3,(H,24,25). The van der Waals surface area contributed by atoms with Crippen LogP contribution in [0.25, 0.3) is 0 Å². The average molecular weight is 488 g/mol. The van der Waals surface area contributed by atoms with Crippen LogP contribution in [0.1, 0.15) is 22.8 Å². The van der Waals surface area contributed by atoms with Crippen LogP contribution >= 0.6 is 15.9 Å². The summed E-state index contributed by atoms with van der Waals surface area (Å²) in [5, 5.41) is 2.48. The molecule has 2 aromatic rings. The summed E-state index contributed by atoms with van der Waals surface area (Å²) in [5.74, 6) is -1.47. The number of rotatable bonds is 8. The number of ether oxygens (including phenoxy) is 4. The number of alkyl halides is 2. The number of nitrogens with one attached hydrogen (secondary N) is 1. The lowest BCUT2D eigenvalue weighted by molar-refractivity contribution is -0.122. The van der Waals surface area contributed by atoms with Gasteiger partial charge < -0.3 is 24.3 Å². The molecule has 0 heterocycles. The lowest BCUT2D eigenvalue weighted by Gasteiger charge is -2.19. The molecule has 2 aromatic carbocycles. The van der Waals surface area contributed by atoms with Gasteiger partial charge in [-0.15, -0.1) is 0 Å². The maximum absolute atomic E-state index is 12.7. The molecule has 1 N–H and O–H groups in total. The number of esters is 1. The molecule has 162 valence electrons. The van der Waals surface area contributed by atoms with Crippen molar-refractivity contribution in [1.29, 1.82) is 0 Å². The van der Waals surface area contributed by atoms with Crippen LogP contribution in [0, 0.1) is 6.92 Å². The number of benzene rings is 2. The summed E-state index contributed by atoms with van der Waals surface area (Å²) in [4.78, 5) is 24.7. The molecule has 0 aliphatic carbocycles. The number of aryl methyl sites for hydroxylation is 1. The van der Waals surface area contributed by atoms with E-state index in [0.717, 1.165) is 24.8 Å². The first-order valence-electron chi connectivity index (χ1n) is 8.65. The molecular formula is C20H20BrF2NO6. The van der Waals surface area contributed by atoms with Crippen molar-refractivity contribution in [3.8, 4) is 17.2 Å². The summed E-state index contributed by atoms with van der Waals surface area (Å²) in [6.07, 6.45) is -0.976. The highest BCUT2D eigenvalue weighted by molar-refractivity contribution is 9.10. The lowest BCUT2D eigenvalue weighted by Crippen LogP contribution is -2.31. The summed E-state index contributed by atoms with van der Waals surface area (Å²) >= 11 is 3.36. The van der Waals surface area contributed by atoms with Gasteiger partial charge in [0.05, 0.1) is 29.9 Å². The summed E-state index contributed by atoms with van der Waals surface area (Å²) < 4.78 is 45.8. The van der Waals surface area contributed by atoms with Gasteiger partial charge >= 0.3 is 12.6 Å². The van der Waals surface area contributed by atoms with E-state index in [1.165, 1.54) is 14.0 Å². The molecule has 0 bridgehead atoms. The number of carbonyl (C=O) groups excluding carboxylic acids is 2. The van der Waals surface area contributed by atoms with Crippen LogP contribution in [0.4, 0.5) is 14.5 Å². The van der Waals surface area contributed by atoms with Gasteiger partial charge in [0.25, 0.3) is 5.91 Å². The molecule has 0 spiro atoms. The van der Waals surface area contributed by atoms with Gasteiger partial charge in [-0.1, -0.05) is 6.07 Å². The monoisotopic (exact) mass is 487 g/mol. The second-order valence-electron chi connectivity index (χ2n) is 6.10. The SMILES string of the molecule is COC(=O)c1cc(OC)c(OC(F)F)cc1NC(=O)C(C)Oc1ccc(C)cc1Br. The van der Waals surface area contributed by atoms with Crippen molar-refractivity contribution in [2.75, 3.05) is 19.5 Å². The Morgan fingerprint density at radius 3 is 2.30 bits per heavy atom. The second kappa shape index (κ2) is 10.2. The zero-order chi connectivity index (χ0) is 22.4. The molecule has 30 heavy (non-hydrogen) atoms. The first kappa shape index (κ1) is 23.4. The number of halogens is 3. The third kappa shape index (κ3) is 5.82. The third-order valence-corrected chi connectivity index (χ3v) is 4.56. The molecule has 0 radical (unpaired) electrons. The smallest absolute Gasteiger partial charge is 0.387 e. The number of carbonyl (C=O) groups is 2. The number of amides is 1. The summed E-state index contributed by atoms with van der Waals surface area (Å²) in [6, 6.07) is 7.54. The Balaban J connectivity index is 2.31. The minimum absolute atomic E-state index is 0.0956. The maximum Gasteiger partial charge on any atom is 0.387 e. The first-order valence-corrected chi connectivity index (χ1v) is 9.44. The zero-order valence-corrected chi connectivity index (χ0v) is 18.2. The van der Waals surface area contributed by atoms with Crippen molar-refractivity contribution in [3.63, 3.8) is 0 Å². The Kier molecular flexibility index (Phi) is 7.99. The van der Waals surface area contributed by atoms with Crippen LogP contribution in [0.2, 0.25) is 0 Å². The molecule has 0 aliphatic heterocycles. The van der Waals surface area contributed by atoms with Crippen LogP contribution in [0.15, 0.2) is 34.8 Å². The Morgan fingerprint density at radius 2 is 1.73 bits per heavy atom. The van der Waals surface area contributed by atoms with Crippen LogP contribution in [-0.2, 0) is 9.53 Å².